The topological polar surface area (TPSA) is 143 Å². The lowest BCUT2D eigenvalue weighted by molar-refractivity contribution is -0.383. The summed E-state index contributed by atoms with van der Waals surface area (Å²) in [5.74, 6) is -0.0701. The highest BCUT2D eigenvalue weighted by Gasteiger charge is 2.31. The molecule has 11 heteroatoms. The summed E-state index contributed by atoms with van der Waals surface area (Å²) in [7, 11) is 0. The minimum absolute atomic E-state index is 0.00763. The summed E-state index contributed by atoms with van der Waals surface area (Å²) in [6.45, 7) is 5.14. The van der Waals surface area contributed by atoms with Gasteiger partial charge in [-0.15, -0.1) is 0 Å². The molecule has 0 aromatic carbocycles. The molecule has 0 spiro atoms. The molecule has 31 heavy (non-hydrogen) atoms. The second-order valence-corrected chi connectivity index (χ2v) is 7.10. The van der Waals surface area contributed by atoms with Crippen molar-refractivity contribution in [3.05, 3.63) is 45.8 Å². The van der Waals surface area contributed by atoms with Crippen LogP contribution in [0.3, 0.4) is 0 Å². The van der Waals surface area contributed by atoms with Crippen molar-refractivity contribution in [1.82, 2.24) is 9.97 Å². The molecule has 2 aromatic heterocycles. The van der Waals surface area contributed by atoms with Crippen molar-refractivity contribution < 1.29 is 23.9 Å². The van der Waals surface area contributed by atoms with Crippen LogP contribution in [0.5, 0.6) is 5.88 Å². The molecule has 2 aromatic rings. The van der Waals surface area contributed by atoms with Crippen molar-refractivity contribution in [3.8, 4) is 5.88 Å². The van der Waals surface area contributed by atoms with Crippen molar-refractivity contribution in [2.45, 2.75) is 26.8 Å². The van der Waals surface area contributed by atoms with E-state index in [1.165, 1.54) is 6.07 Å². The van der Waals surface area contributed by atoms with Crippen molar-refractivity contribution in [2.24, 2.45) is 5.92 Å². The van der Waals surface area contributed by atoms with Crippen molar-refractivity contribution in [2.75, 3.05) is 37.1 Å². The number of nitrogens with zero attached hydrogens (tertiary/aromatic N) is 4. The zero-order valence-electron chi connectivity index (χ0n) is 17.4. The van der Waals surface area contributed by atoms with Crippen LogP contribution in [0.1, 0.15) is 24.6 Å². The van der Waals surface area contributed by atoms with Crippen molar-refractivity contribution >= 4 is 23.3 Å². The Bertz CT molecular complexity index is 930. The average molecular weight is 431 g/mol. The number of carbonyl (C=O) groups excluding carboxylic acids is 1. The van der Waals surface area contributed by atoms with Gasteiger partial charge in [-0.05, 0) is 31.9 Å². The second-order valence-electron chi connectivity index (χ2n) is 7.10. The number of aromatic nitrogens is 2. The summed E-state index contributed by atoms with van der Waals surface area (Å²) in [5.41, 5.74) is 6.79. The molecule has 3 rings (SSSR count). The van der Waals surface area contributed by atoms with E-state index in [0.29, 0.717) is 25.4 Å². The van der Waals surface area contributed by atoms with E-state index < -0.39 is 16.7 Å². The number of hydrogen-bond acceptors (Lipinski definition) is 9. The number of nitro groups is 1. The third-order valence-electron chi connectivity index (χ3n) is 4.74. The molecule has 1 aliphatic heterocycles. The molecular formula is C20H25N5O6. The van der Waals surface area contributed by atoms with Gasteiger partial charge in [0.2, 0.25) is 11.7 Å². The van der Waals surface area contributed by atoms with Crippen molar-refractivity contribution in [3.63, 3.8) is 0 Å². The number of carbonyl (C=O) groups is 1. The minimum atomic E-state index is -0.757. The number of rotatable bonds is 8. The molecule has 3 heterocycles. The highest BCUT2D eigenvalue weighted by Crippen LogP contribution is 2.37. The molecule has 0 radical (unpaired) electrons. The second kappa shape index (κ2) is 10.0. The maximum absolute atomic E-state index is 12.7. The van der Waals surface area contributed by atoms with Crippen LogP contribution < -0.4 is 15.4 Å². The van der Waals surface area contributed by atoms with Gasteiger partial charge in [0.05, 0.1) is 31.3 Å². The lowest BCUT2D eigenvalue weighted by Crippen LogP contribution is -2.32. The fourth-order valence-corrected chi connectivity index (χ4v) is 3.13. The van der Waals surface area contributed by atoms with Crippen LogP contribution in [0.4, 0.5) is 22.0 Å². The van der Waals surface area contributed by atoms with Crippen molar-refractivity contribution in [1.29, 1.82) is 0 Å². The summed E-state index contributed by atoms with van der Waals surface area (Å²) >= 11 is 0. The van der Waals surface area contributed by atoms with Gasteiger partial charge in [-0.1, -0.05) is 6.07 Å². The van der Waals surface area contributed by atoms with Gasteiger partial charge in [0.15, 0.2) is 0 Å². The Labute approximate surface area is 179 Å². The first kappa shape index (κ1) is 22.2. The van der Waals surface area contributed by atoms with Gasteiger partial charge >= 0.3 is 11.8 Å². The molecule has 1 unspecified atom stereocenters. The van der Waals surface area contributed by atoms with E-state index in [2.05, 4.69) is 9.97 Å². The Morgan fingerprint density at radius 2 is 2.26 bits per heavy atom. The van der Waals surface area contributed by atoms with Crippen LogP contribution in [0.15, 0.2) is 24.4 Å². The van der Waals surface area contributed by atoms with Gasteiger partial charge in [0.25, 0.3) is 0 Å². The monoisotopic (exact) mass is 431 g/mol. The third-order valence-corrected chi connectivity index (χ3v) is 4.74. The van der Waals surface area contributed by atoms with Crippen LogP contribution in [0.25, 0.3) is 0 Å². The third kappa shape index (κ3) is 5.57. The predicted molar refractivity (Wildman–Crippen MR) is 112 cm³/mol. The normalized spacial score (nSPS) is 15.5. The average Bonchev–Trinajstić information content (AvgIpc) is 3.25. The Balaban J connectivity index is 1.97. The van der Waals surface area contributed by atoms with Crippen LogP contribution in [0, 0.1) is 23.0 Å². The Kier molecular flexibility index (Phi) is 7.19. The van der Waals surface area contributed by atoms with E-state index in [-0.39, 0.29) is 36.5 Å². The van der Waals surface area contributed by atoms with E-state index in [1.54, 1.807) is 25.3 Å². The number of anilines is 2. The first-order valence-electron chi connectivity index (χ1n) is 9.90. The number of pyridine rings is 2. The minimum Gasteiger partial charge on any atom is -0.477 e. The van der Waals surface area contributed by atoms with E-state index in [0.717, 1.165) is 17.0 Å². The highest BCUT2D eigenvalue weighted by atomic mass is 16.6. The van der Waals surface area contributed by atoms with Crippen LogP contribution in [0.2, 0.25) is 0 Å². The van der Waals surface area contributed by atoms with Gasteiger partial charge < -0.3 is 19.9 Å². The molecule has 0 saturated carbocycles. The van der Waals surface area contributed by atoms with Gasteiger partial charge in [-0.25, -0.2) is 4.79 Å². The van der Waals surface area contributed by atoms with Gasteiger partial charge in [-0.2, -0.15) is 4.98 Å². The van der Waals surface area contributed by atoms with Gasteiger partial charge in [0, 0.05) is 30.5 Å². The number of ether oxygens (including phenoxy) is 3. The summed E-state index contributed by atoms with van der Waals surface area (Å²) in [6, 6.07) is 4.90. The van der Waals surface area contributed by atoms with Crippen LogP contribution in [-0.4, -0.2) is 47.4 Å². The molecule has 1 saturated heterocycles. The molecule has 1 amide bonds. The Morgan fingerprint density at radius 3 is 2.87 bits per heavy atom. The zero-order valence-corrected chi connectivity index (χ0v) is 17.4. The fraction of sp³-hybridized carbons (Fsp3) is 0.450. The van der Waals surface area contributed by atoms with E-state index in [1.807, 2.05) is 6.92 Å². The molecule has 166 valence electrons. The lowest BCUT2D eigenvalue weighted by atomic mass is 10.1. The largest absolute Gasteiger partial charge is 0.477 e. The van der Waals surface area contributed by atoms with Gasteiger partial charge in [-0.3, -0.25) is 20.0 Å². The lowest BCUT2D eigenvalue weighted by Gasteiger charge is -2.23. The highest BCUT2D eigenvalue weighted by molar-refractivity contribution is 5.92. The van der Waals surface area contributed by atoms with Gasteiger partial charge in [0.1, 0.15) is 5.69 Å². The maximum Gasteiger partial charge on any atom is 0.414 e. The number of nitrogen functional groups attached to an aromatic ring is 1. The smallest absolute Gasteiger partial charge is 0.414 e. The fourth-order valence-electron chi connectivity index (χ4n) is 3.13. The Morgan fingerprint density at radius 1 is 1.45 bits per heavy atom. The molecule has 0 bridgehead atoms. The molecule has 1 fully saturated rings. The summed E-state index contributed by atoms with van der Waals surface area (Å²) in [6.07, 6.45) is 1.69. The summed E-state index contributed by atoms with van der Waals surface area (Å²) < 4.78 is 16.2. The first-order valence-corrected chi connectivity index (χ1v) is 9.90. The summed E-state index contributed by atoms with van der Waals surface area (Å²) in [4.78, 5) is 33.1. The number of nitrogens with two attached hydrogens (primary N) is 1. The molecule has 2 N–H and O–H groups in total. The first-order chi connectivity index (χ1) is 14.9. The molecule has 11 nitrogen and oxygen atoms in total. The molecule has 0 aliphatic carbocycles. The number of aryl methyl sites for hydroxylation is 1. The molecular weight excluding hydrogens is 406 g/mol. The van der Waals surface area contributed by atoms with Crippen LogP contribution >= 0.6 is 0 Å². The number of hydrogen-bond donors (Lipinski definition) is 1. The standard InChI is InChI=1S/C20H25N5O6/c1-3-30-20(26)24(10-14-5-4-13(2)22-9-14)16-8-17(23-19(21)18(16)25(27)28)31-12-15-6-7-29-11-15/h4-5,8-9,15H,3,6-7,10-12H2,1-2H3,(H2,21,23). The molecule has 1 aliphatic rings. The Hall–Kier alpha value is -3.47. The predicted octanol–water partition coefficient (Wildman–Crippen LogP) is 2.85. The van der Waals surface area contributed by atoms with Crippen LogP contribution in [-0.2, 0) is 16.0 Å². The van der Waals surface area contributed by atoms with E-state index >= 15 is 0 Å². The zero-order chi connectivity index (χ0) is 22.4. The molecule has 1 atom stereocenters. The quantitative estimate of drug-likeness (QED) is 0.493. The summed E-state index contributed by atoms with van der Waals surface area (Å²) in [5, 5.41) is 11.7. The maximum atomic E-state index is 12.7. The SMILES string of the molecule is CCOC(=O)N(Cc1ccc(C)nc1)c1cc(OCC2CCOC2)nc(N)c1[N+](=O)[O-]. The number of amides is 1. The van der Waals surface area contributed by atoms with E-state index in [9.17, 15) is 14.9 Å². The van der Waals surface area contributed by atoms with E-state index in [4.69, 9.17) is 19.9 Å².